The summed E-state index contributed by atoms with van der Waals surface area (Å²) in [5.41, 5.74) is 1.66. The standard InChI is InChI=1S/C22H26N6O2S/c29-31(30,20-7-8-20)16-18-4-3-6-22(25-18)27-12-10-26(11-13-27)14-19-15-28(17-24-19)21-5-1-2-9-23-21/h1-6,9,15,17,20H,7-8,10-14,16H2. The largest absolute Gasteiger partial charge is 0.354 e. The molecule has 2 fully saturated rings. The summed E-state index contributed by atoms with van der Waals surface area (Å²) < 4.78 is 26.5. The van der Waals surface area contributed by atoms with E-state index in [2.05, 4.69) is 24.8 Å². The van der Waals surface area contributed by atoms with Crippen LogP contribution in [-0.2, 0) is 22.1 Å². The number of nitrogens with zero attached hydrogens (tertiary/aromatic N) is 6. The molecule has 1 aliphatic carbocycles. The first kappa shape index (κ1) is 20.1. The minimum Gasteiger partial charge on any atom is -0.354 e. The summed E-state index contributed by atoms with van der Waals surface area (Å²) in [6.07, 6.45) is 7.20. The highest BCUT2D eigenvalue weighted by atomic mass is 32.2. The minimum atomic E-state index is -3.05. The van der Waals surface area contributed by atoms with Gasteiger partial charge in [0.15, 0.2) is 9.84 Å². The Bertz CT molecular complexity index is 1140. The second-order valence-corrected chi connectivity index (χ2v) is 10.5. The summed E-state index contributed by atoms with van der Waals surface area (Å²) in [7, 11) is -3.05. The van der Waals surface area contributed by atoms with Crippen molar-refractivity contribution in [3.05, 3.63) is 66.5 Å². The average molecular weight is 439 g/mol. The van der Waals surface area contributed by atoms with Gasteiger partial charge < -0.3 is 4.90 Å². The van der Waals surface area contributed by atoms with E-state index in [0.29, 0.717) is 5.69 Å². The fourth-order valence-electron chi connectivity index (χ4n) is 3.92. The van der Waals surface area contributed by atoms with Crippen LogP contribution in [0, 0.1) is 0 Å². The second-order valence-electron chi connectivity index (χ2n) is 8.22. The maximum Gasteiger partial charge on any atom is 0.158 e. The van der Waals surface area contributed by atoms with Crippen molar-refractivity contribution in [2.75, 3.05) is 31.1 Å². The minimum absolute atomic E-state index is 0.0460. The zero-order chi connectivity index (χ0) is 21.3. The monoisotopic (exact) mass is 438 g/mol. The van der Waals surface area contributed by atoms with Crippen LogP contribution in [-0.4, -0.2) is 64.3 Å². The number of pyridine rings is 2. The third kappa shape index (κ3) is 4.77. The highest BCUT2D eigenvalue weighted by Gasteiger charge is 2.35. The summed E-state index contributed by atoms with van der Waals surface area (Å²) in [6, 6.07) is 11.5. The van der Waals surface area contributed by atoms with Crippen LogP contribution in [0.1, 0.15) is 24.2 Å². The van der Waals surface area contributed by atoms with Gasteiger partial charge in [0.2, 0.25) is 0 Å². The predicted molar refractivity (Wildman–Crippen MR) is 119 cm³/mol. The summed E-state index contributed by atoms with van der Waals surface area (Å²) >= 11 is 0. The van der Waals surface area contributed by atoms with Crippen molar-refractivity contribution in [1.29, 1.82) is 0 Å². The lowest BCUT2D eigenvalue weighted by Crippen LogP contribution is -2.46. The van der Waals surface area contributed by atoms with Crippen molar-refractivity contribution in [2.45, 2.75) is 30.4 Å². The Balaban J connectivity index is 1.17. The number of hydrogen-bond donors (Lipinski definition) is 0. The SMILES string of the molecule is O=S(=O)(Cc1cccc(N2CCN(Cc3cn(-c4ccccn4)cn3)CC2)n1)C1CC1. The third-order valence-corrected chi connectivity index (χ3v) is 7.99. The van der Waals surface area contributed by atoms with Crippen molar-refractivity contribution < 1.29 is 8.42 Å². The van der Waals surface area contributed by atoms with Gasteiger partial charge in [-0.3, -0.25) is 9.47 Å². The Morgan fingerprint density at radius 1 is 0.903 bits per heavy atom. The fraction of sp³-hybridized carbons (Fsp3) is 0.409. The van der Waals surface area contributed by atoms with Gasteiger partial charge in [-0.05, 0) is 37.1 Å². The van der Waals surface area contributed by atoms with Crippen molar-refractivity contribution in [1.82, 2.24) is 24.4 Å². The quantitative estimate of drug-likeness (QED) is 0.558. The molecule has 8 nitrogen and oxygen atoms in total. The van der Waals surface area contributed by atoms with E-state index in [9.17, 15) is 8.42 Å². The van der Waals surface area contributed by atoms with Gasteiger partial charge in [0.25, 0.3) is 0 Å². The first-order chi connectivity index (χ1) is 15.1. The van der Waals surface area contributed by atoms with Crippen molar-refractivity contribution >= 4 is 15.7 Å². The smallest absolute Gasteiger partial charge is 0.158 e. The molecule has 1 aliphatic heterocycles. The van der Waals surface area contributed by atoms with Gasteiger partial charge in [-0.15, -0.1) is 0 Å². The van der Waals surface area contributed by atoms with Gasteiger partial charge in [0.05, 0.1) is 22.4 Å². The van der Waals surface area contributed by atoms with E-state index in [0.717, 1.165) is 62.9 Å². The second kappa shape index (κ2) is 8.39. The number of hydrogen-bond acceptors (Lipinski definition) is 7. The predicted octanol–water partition coefficient (Wildman–Crippen LogP) is 2.06. The van der Waals surface area contributed by atoms with Crippen LogP contribution in [0.15, 0.2) is 55.1 Å². The molecule has 162 valence electrons. The molecule has 0 N–H and O–H groups in total. The molecule has 4 heterocycles. The van der Waals surface area contributed by atoms with Crippen molar-refractivity contribution in [3.63, 3.8) is 0 Å². The van der Waals surface area contributed by atoms with Gasteiger partial charge >= 0.3 is 0 Å². The molecule has 1 saturated heterocycles. The molecule has 0 bridgehead atoms. The summed E-state index contributed by atoms with van der Waals surface area (Å²) in [6.45, 7) is 4.31. The van der Waals surface area contributed by atoms with E-state index in [1.807, 2.05) is 47.2 Å². The maximum absolute atomic E-state index is 12.3. The molecule has 31 heavy (non-hydrogen) atoms. The van der Waals surface area contributed by atoms with Crippen molar-refractivity contribution in [3.8, 4) is 5.82 Å². The normalized spacial score (nSPS) is 17.7. The molecule has 0 unspecified atom stereocenters. The molecule has 0 spiro atoms. The maximum atomic E-state index is 12.3. The van der Waals surface area contributed by atoms with Crippen LogP contribution >= 0.6 is 0 Å². The Kier molecular flexibility index (Phi) is 5.45. The van der Waals surface area contributed by atoms with E-state index in [4.69, 9.17) is 0 Å². The van der Waals surface area contributed by atoms with Crippen LogP contribution in [0.25, 0.3) is 5.82 Å². The van der Waals surface area contributed by atoms with Gasteiger partial charge in [-0.1, -0.05) is 12.1 Å². The zero-order valence-corrected chi connectivity index (χ0v) is 18.2. The Morgan fingerprint density at radius 2 is 1.71 bits per heavy atom. The van der Waals surface area contributed by atoms with E-state index < -0.39 is 9.84 Å². The lowest BCUT2D eigenvalue weighted by Gasteiger charge is -2.35. The van der Waals surface area contributed by atoms with E-state index in [-0.39, 0.29) is 11.0 Å². The van der Waals surface area contributed by atoms with Crippen molar-refractivity contribution in [2.24, 2.45) is 0 Å². The highest BCUT2D eigenvalue weighted by Crippen LogP contribution is 2.30. The highest BCUT2D eigenvalue weighted by molar-refractivity contribution is 7.91. The van der Waals surface area contributed by atoms with Gasteiger partial charge in [-0.2, -0.15) is 0 Å². The number of rotatable bonds is 7. The first-order valence-corrected chi connectivity index (χ1v) is 12.4. The van der Waals surface area contributed by atoms with Gasteiger partial charge in [0, 0.05) is 45.1 Å². The van der Waals surface area contributed by atoms with Crippen LogP contribution < -0.4 is 4.90 Å². The molecule has 0 amide bonds. The molecule has 1 saturated carbocycles. The Labute approximate surface area is 182 Å². The van der Waals surface area contributed by atoms with Crippen LogP contribution in [0.4, 0.5) is 5.82 Å². The van der Waals surface area contributed by atoms with E-state index in [1.165, 1.54) is 0 Å². The van der Waals surface area contributed by atoms with Crippen LogP contribution in [0.2, 0.25) is 0 Å². The molecular weight excluding hydrogens is 412 g/mol. The molecule has 5 rings (SSSR count). The Morgan fingerprint density at radius 3 is 2.45 bits per heavy atom. The number of sulfone groups is 1. The Hall–Kier alpha value is -2.78. The van der Waals surface area contributed by atoms with Crippen LogP contribution in [0.5, 0.6) is 0 Å². The molecule has 2 aliphatic rings. The molecular formula is C22H26N6O2S. The molecule has 0 radical (unpaired) electrons. The summed E-state index contributed by atoms with van der Waals surface area (Å²) in [5, 5.41) is -0.150. The van der Waals surface area contributed by atoms with Crippen LogP contribution in [0.3, 0.4) is 0 Å². The van der Waals surface area contributed by atoms with Gasteiger partial charge in [0.1, 0.15) is 18.0 Å². The van der Waals surface area contributed by atoms with Gasteiger partial charge in [-0.25, -0.2) is 23.4 Å². The number of piperazine rings is 1. The molecule has 3 aromatic heterocycles. The third-order valence-electron chi connectivity index (χ3n) is 5.81. The summed E-state index contributed by atoms with van der Waals surface area (Å²) in [4.78, 5) is 18.1. The number of aromatic nitrogens is 4. The average Bonchev–Trinajstić information content (AvgIpc) is 3.56. The topological polar surface area (TPSA) is 84.2 Å². The molecule has 3 aromatic rings. The molecule has 0 aromatic carbocycles. The summed E-state index contributed by atoms with van der Waals surface area (Å²) in [5.74, 6) is 1.77. The number of imidazole rings is 1. The first-order valence-electron chi connectivity index (χ1n) is 10.7. The lowest BCUT2D eigenvalue weighted by molar-refractivity contribution is 0.247. The lowest BCUT2D eigenvalue weighted by atomic mass is 10.2. The fourth-order valence-corrected chi connectivity index (χ4v) is 5.58. The van der Waals surface area contributed by atoms with E-state index >= 15 is 0 Å². The van der Waals surface area contributed by atoms with E-state index in [1.54, 1.807) is 12.5 Å². The molecule has 0 atom stereocenters. The number of anilines is 1. The zero-order valence-electron chi connectivity index (χ0n) is 17.3. The molecule has 9 heteroatoms.